The first-order valence-electron chi connectivity index (χ1n) is 9.16. The van der Waals surface area contributed by atoms with Crippen molar-refractivity contribution in [1.29, 1.82) is 0 Å². The fourth-order valence-corrected chi connectivity index (χ4v) is 3.11. The van der Waals surface area contributed by atoms with Crippen LogP contribution in [-0.2, 0) is 20.1 Å². The molecule has 0 bridgehead atoms. The van der Waals surface area contributed by atoms with Gasteiger partial charge in [-0.3, -0.25) is 0 Å². The van der Waals surface area contributed by atoms with Gasteiger partial charge in [0.15, 0.2) is 11.8 Å². The molecule has 1 heterocycles. The first-order valence-corrected chi connectivity index (χ1v) is 9.16. The maximum Gasteiger partial charge on any atom is 0.192 e. The minimum Gasteiger partial charge on any atom is -0.354 e. The van der Waals surface area contributed by atoms with Crippen LogP contribution < -0.4 is 10.6 Å². The Morgan fingerprint density at radius 2 is 1.88 bits per heavy atom. The zero-order valence-electron chi connectivity index (χ0n) is 15.6. The fraction of sp³-hybridized carbons (Fsp3) is 0.526. The van der Waals surface area contributed by atoms with Crippen LogP contribution in [0.4, 0.5) is 0 Å². The minimum atomic E-state index is 0. The number of aliphatic imine (C=N–C) groups is 1. The van der Waals surface area contributed by atoms with Gasteiger partial charge in [-0.15, -0.1) is 34.2 Å². The second-order valence-corrected chi connectivity index (χ2v) is 6.71. The Morgan fingerprint density at radius 3 is 2.54 bits per heavy atom. The Morgan fingerprint density at radius 1 is 1.15 bits per heavy atom. The summed E-state index contributed by atoms with van der Waals surface area (Å²) in [5.74, 6) is 2.69. The highest BCUT2D eigenvalue weighted by Crippen LogP contribution is 2.17. The van der Waals surface area contributed by atoms with Crippen molar-refractivity contribution in [3.05, 3.63) is 47.5 Å². The highest BCUT2D eigenvalue weighted by molar-refractivity contribution is 14.0. The number of aromatic nitrogens is 3. The van der Waals surface area contributed by atoms with E-state index in [-0.39, 0.29) is 24.0 Å². The number of benzene rings is 1. The first kappa shape index (κ1) is 20.7. The van der Waals surface area contributed by atoms with Gasteiger partial charge in [-0.25, -0.2) is 4.99 Å². The third-order valence-corrected chi connectivity index (χ3v) is 4.81. The summed E-state index contributed by atoms with van der Waals surface area (Å²) in [7, 11) is 1.99. The molecular formula is C19H29IN6. The molecule has 0 aliphatic heterocycles. The van der Waals surface area contributed by atoms with Crippen molar-refractivity contribution in [2.45, 2.75) is 58.2 Å². The van der Waals surface area contributed by atoms with Gasteiger partial charge in [-0.2, -0.15) is 0 Å². The summed E-state index contributed by atoms with van der Waals surface area (Å²) < 4.78 is 2.00. The molecule has 1 aliphatic carbocycles. The molecule has 26 heavy (non-hydrogen) atoms. The monoisotopic (exact) mass is 468 g/mol. The Kier molecular flexibility index (Phi) is 8.34. The van der Waals surface area contributed by atoms with Crippen LogP contribution in [0.15, 0.2) is 35.3 Å². The molecule has 0 radical (unpaired) electrons. The van der Waals surface area contributed by atoms with E-state index < -0.39 is 0 Å². The Hall–Kier alpha value is -1.64. The van der Waals surface area contributed by atoms with Crippen LogP contribution in [0.2, 0.25) is 0 Å². The number of hydrogen-bond donors (Lipinski definition) is 2. The van der Waals surface area contributed by atoms with Crippen molar-refractivity contribution in [3.63, 3.8) is 0 Å². The van der Waals surface area contributed by atoms with E-state index >= 15 is 0 Å². The van der Waals surface area contributed by atoms with Crippen molar-refractivity contribution in [2.24, 2.45) is 12.0 Å². The SMILES string of the molecule is Cc1nnc(CNC(=NCc2ccccc2)NC2CCCCC2)n1C.I. The van der Waals surface area contributed by atoms with E-state index in [1.807, 2.05) is 24.6 Å². The number of hydrogen-bond acceptors (Lipinski definition) is 3. The smallest absolute Gasteiger partial charge is 0.192 e. The van der Waals surface area contributed by atoms with Crippen LogP contribution >= 0.6 is 24.0 Å². The highest BCUT2D eigenvalue weighted by Gasteiger charge is 2.15. The average molecular weight is 468 g/mol. The summed E-state index contributed by atoms with van der Waals surface area (Å²) >= 11 is 0. The molecule has 0 saturated heterocycles. The first-order chi connectivity index (χ1) is 12.2. The zero-order chi connectivity index (χ0) is 17.5. The standard InChI is InChI=1S/C19H28N6.HI/c1-15-23-24-18(25(15)2)14-21-19(22-17-11-7-4-8-12-17)20-13-16-9-5-3-6-10-16;/h3,5-6,9-10,17H,4,7-8,11-14H2,1-2H3,(H2,20,21,22);1H. The summed E-state index contributed by atoms with van der Waals surface area (Å²) in [5, 5.41) is 15.4. The predicted molar refractivity (Wildman–Crippen MR) is 116 cm³/mol. The van der Waals surface area contributed by atoms with Crippen LogP contribution in [0.1, 0.15) is 49.3 Å². The lowest BCUT2D eigenvalue weighted by Crippen LogP contribution is -2.44. The molecule has 0 unspecified atom stereocenters. The van der Waals surface area contributed by atoms with Gasteiger partial charge < -0.3 is 15.2 Å². The third kappa shape index (κ3) is 5.96. The fourth-order valence-electron chi connectivity index (χ4n) is 3.11. The number of halogens is 1. The molecule has 1 saturated carbocycles. The molecule has 7 heteroatoms. The Balaban J connectivity index is 0.00000243. The lowest BCUT2D eigenvalue weighted by molar-refractivity contribution is 0.409. The second-order valence-electron chi connectivity index (χ2n) is 6.71. The van der Waals surface area contributed by atoms with Gasteiger partial charge in [-0.1, -0.05) is 49.6 Å². The predicted octanol–water partition coefficient (Wildman–Crippen LogP) is 3.31. The highest BCUT2D eigenvalue weighted by atomic mass is 127. The Labute approximate surface area is 172 Å². The van der Waals surface area contributed by atoms with Gasteiger partial charge in [0.1, 0.15) is 5.82 Å². The van der Waals surface area contributed by atoms with Gasteiger partial charge in [0.2, 0.25) is 0 Å². The Bertz CT molecular complexity index is 691. The lowest BCUT2D eigenvalue weighted by atomic mass is 9.96. The summed E-state index contributed by atoms with van der Waals surface area (Å²) in [6, 6.07) is 10.9. The molecular weight excluding hydrogens is 439 g/mol. The summed E-state index contributed by atoms with van der Waals surface area (Å²) in [6.07, 6.45) is 6.38. The number of nitrogens with zero attached hydrogens (tertiary/aromatic N) is 4. The zero-order valence-corrected chi connectivity index (χ0v) is 17.9. The third-order valence-electron chi connectivity index (χ3n) is 4.81. The molecule has 0 spiro atoms. The van der Waals surface area contributed by atoms with E-state index in [4.69, 9.17) is 4.99 Å². The largest absolute Gasteiger partial charge is 0.354 e. The van der Waals surface area contributed by atoms with Crippen LogP contribution in [0.3, 0.4) is 0 Å². The molecule has 1 aromatic carbocycles. The molecule has 0 atom stereocenters. The molecule has 1 aromatic heterocycles. The van der Waals surface area contributed by atoms with E-state index in [1.165, 1.54) is 37.7 Å². The van der Waals surface area contributed by atoms with E-state index in [0.717, 1.165) is 17.6 Å². The van der Waals surface area contributed by atoms with Crippen LogP contribution in [0.5, 0.6) is 0 Å². The quantitative estimate of drug-likeness (QED) is 0.402. The minimum absolute atomic E-state index is 0. The number of nitrogens with one attached hydrogen (secondary N) is 2. The summed E-state index contributed by atoms with van der Waals surface area (Å²) in [6.45, 7) is 3.24. The van der Waals surface area contributed by atoms with Gasteiger partial charge >= 0.3 is 0 Å². The second kappa shape index (κ2) is 10.5. The van der Waals surface area contributed by atoms with Crippen molar-refractivity contribution in [2.75, 3.05) is 0 Å². The molecule has 3 rings (SSSR count). The maximum absolute atomic E-state index is 4.78. The van der Waals surface area contributed by atoms with Crippen molar-refractivity contribution in [3.8, 4) is 0 Å². The summed E-state index contributed by atoms with van der Waals surface area (Å²) in [4.78, 5) is 4.78. The molecule has 1 aliphatic rings. The maximum atomic E-state index is 4.78. The number of guanidine groups is 1. The molecule has 0 amide bonds. The van der Waals surface area contributed by atoms with Crippen LogP contribution in [0, 0.1) is 6.92 Å². The van der Waals surface area contributed by atoms with Gasteiger partial charge in [0.05, 0.1) is 13.1 Å². The van der Waals surface area contributed by atoms with Crippen molar-refractivity contribution in [1.82, 2.24) is 25.4 Å². The molecule has 142 valence electrons. The average Bonchev–Trinajstić information content (AvgIpc) is 2.97. The van der Waals surface area contributed by atoms with Crippen molar-refractivity contribution < 1.29 is 0 Å². The number of rotatable bonds is 5. The normalized spacial score (nSPS) is 15.4. The van der Waals surface area contributed by atoms with Crippen LogP contribution in [0.25, 0.3) is 0 Å². The van der Waals surface area contributed by atoms with Gasteiger partial charge in [0.25, 0.3) is 0 Å². The van der Waals surface area contributed by atoms with Gasteiger partial charge in [-0.05, 0) is 25.3 Å². The van der Waals surface area contributed by atoms with Crippen LogP contribution in [-0.4, -0.2) is 26.8 Å². The molecule has 2 N–H and O–H groups in total. The van der Waals surface area contributed by atoms with E-state index in [2.05, 4.69) is 45.1 Å². The molecule has 6 nitrogen and oxygen atoms in total. The molecule has 2 aromatic rings. The van der Waals surface area contributed by atoms with Crippen molar-refractivity contribution >= 4 is 29.9 Å². The topological polar surface area (TPSA) is 67.1 Å². The van der Waals surface area contributed by atoms with E-state index in [9.17, 15) is 0 Å². The van der Waals surface area contributed by atoms with E-state index in [1.54, 1.807) is 0 Å². The number of aryl methyl sites for hydroxylation is 1. The molecule has 1 fully saturated rings. The summed E-state index contributed by atoms with van der Waals surface area (Å²) in [5.41, 5.74) is 1.21. The van der Waals surface area contributed by atoms with E-state index in [0.29, 0.717) is 19.1 Å². The van der Waals surface area contributed by atoms with Gasteiger partial charge in [0, 0.05) is 13.1 Å². The lowest BCUT2D eigenvalue weighted by Gasteiger charge is -2.25.